The highest BCUT2D eigenvalue weighted by Crippen LogP contribution is 2.44. The van der Waals surface area contributed by atoms with Crippen LogP contribution < -0.4 is 0 Å². The first kappa shape index (κ1) is 22.8. The van der Waals surface area contributed by atoms with E-state index in [0.29, 0.717) is 0 Å². The van der Waals surface area contributed by atoms with Crippen molar-refractivity contribution in [1.82, 2.24) is 0 Å². The molecule has 2 rings (SSSR count). The molecule has 0 aromatic carbocycles. The van der Waals surface area contributed by atoms with Crippen molar-refractivity contribution in [1.29, 1.82) is 5.26 Å². The van der Waals surface area contributed by atoms with Gasteiger partial charge in [-0.25, -0.2) is 0 Å². The highest BCUT2D eigenvalue weighted by Gasteiger charge is 2.35. The average molecular weight is 374 g/mol. The minimum absolute atomic E-state index is 0.0434. The Bertz CT molecular complexity index is 404. The average Bonchev–Trinajstić information content (AvgIpc) is 2.72. The maximum Gasteiger partial charge on any atom is 0.0689 e. The van der Waals surface area contributed by atoms with Gasteiger partial charge in [-0.2, -0.15) is 5.26 Å². The Morgan fingerprint density at radius 3 is 1.74 bits per heavy atom. The zero-order valence-corrected chi connectivity index (χ0v) is 18.6. The molecule has 0 amide bonds. The van der Waals surface area contributed by atoms with E-state index in [1.807, 2.05) is 0 Å². The van der Waals surface area contributed by atoms with Crippen molar-refractivity contribution < 1.29 is 0 Å². The van der Waals surface area contributed by atoms with E-state index in [2.05, 4.69) is 19.9 Å². The van der Waals surface area contributed by atoms with Crippen LogP contribution in [0, 0.1) is 34.5 Å². The van der Waals surface area contributed by atoms with E-state index in [0.717, 1.165) is 24.2 Å². The molecule has 2 saturated carbocycles. The van der Waals surface area contributed by atoms with Crippen LogP contribution >= 0.6 is 0 Å². The molecular formula is C26H47N. The first-order valence-electron chi connectivity index (χ1n) is 12.6. The Morgan fingerprint density at radius 2 is 1.19 bits per heavy atom. The molecule has 0 N–H and O–H groups in total. The number of nitriles is 1. The van der Waals surface area contributed by atoms with Crippen LogP contribution in [-0.4, -0.2) is 0 Å². The highest BCUT2D eigenvalue weighted by atomic mass is 14.4. The molecule has 0 aliphatic heterocycles. The summed E-state index contributed by atoms with van der Waals surface area (Å²) < 4.78 is 0. The fourth-order valence-corrected chi connectivity index (χ4v) is 5.77. The predicted octanol–water partition coefficient (Wildman–Crippen LogP) is 8.82. The number of nitrogens with zero attached hydrogens (tertiary/aromatic N) is 1. The monoisotopic (exact) mass is 373 g/mol. The molecule has 27 heavy (non-hydrogen) atoms. The van der Waals surface area contributed by atoms with E-state index >= 15 is 0 Å². The Labute approximate surface area is 170 Å². The molecule has 1 heteroatoms. The van der Waals surface area contributed by atoms with E-state index in [1.165, 1.54) is 116 Å². The molecule has 0 radical (unpaired) electrons. The van der Waals surface area contributed by atoms with Gasteiger partial charge in [0.15, 0.2) is 0 Å². The smallest absolute Gasteiger partial charge is 0.0689 e. The summed E-state index contributed by atoms with van der Waals surface area (Å²) >= 11 is 0. The minimum atomic E-state index is 0.0434. The van der Waals surface area contributed by atoms with Gasteiger partial charge in [-0.15, -0.1) is 0 Å². The molecular weight excluding hydrogens is 326 g/mol. The third kappa shape index (κ3) is 8.17. The topological polar surface area (TPSA) is 23.8 Å². The van der Waals surface area contributed by atoms with E-state index in [9.17, 15) is 5.26 Å². The van der Waals surface area contributed by atoms with Crippen LogP contribution in [0.15, 0.2) is 0 Å². The lowest BCUT2D eigenvalue weighted by Crippen LogP contribution is -2.26. The van der Waals surface area contributed by atoms with Crippen molar-refractivity contribution in [2.24, 2.45) is 23.2 Å². The van der Waals surface area contributed by atoms with Gasteiger partial charge in [-0.05, 0) is 49.9 Å². The molecule has 0 aromatic heterocycles. The summed E-state index contributed by atoms with van der Waals surface area (Å²) in [7, 11) is 0. The third-order valence-corrected chi connectivity index (χ3v) is 7.97. The number of hydrogen-bond donors (Lipinski definition) is 0. The molecule has 0 atom stereocenters. The maximum absolute atomic E-state index is 9.67. The summed E-state index contributed by atoms with van der Waals surface area (Å²) in [5.41, 5.74) is 0.0434. The Morgan fingerprint density at radius 1 is 0.667 bits per heavy atom. The van der Waals surface area contributed by atoms with E-state index in [1.54, 1.807) is 0 Å². The normalized spacial score (nSPS) is 31.5. The molecule has 2 fully saturated rings. The quantitative estimate of drug-likeness (QED) is 0.313. The van der Waals surface area contributed by atoms with Gasteiger partial charge >= 0.3 is 0 Å². The zero-order valence-electron chi connectivity index (χ0n) is 18.6. The summed E-state index contributed by atoms with van der Waals surface area (Å²) in [5, 5.41) is 9.67. The third-order valence-electron chi connectivity index (χ3n) is 7.97. The molecule has 0 heterocycles. The van der Waals surface area contributed by atoms with E-state index in [4.69, 9.17) is 0 Å². The van der Waals surface area contributed by atoms with Crippen molar-refractivity contribution >= 4 is 0 Å². The van der Waals surface area contributed by atoms with Gasteiger partial charge in [0, 0.05) is 0 Å². The summed E-state index contributed by atoms with van der Waals surface area (Å²) in [6.07, 6.45) is 26.3. The molecule has 0 spiro atoms. The fourth-order valence-electron chi connectivity index (χ4n) is 5.77. The molecule has 2 aliphatic rings. The van der Waals surface area contributed by atoms with Crippen molar-refractivity contribution in [3.05, 3.63) is 0 Å². The van der Waals surface area contributed by atoms with E-state index < -0.39 is 0 Å². The van der Waals surface area contributed by atoms with Gasteiger partial charge in [-0.3, -0.25) is 0 Å². The van der Waals surface area contributed by atoms with Gasteiger partial charge < -0.3 is 0 Å². The van der Waals surface area contributed by atoms with Crippen LogP contribution in [0.4, 0.5) is 0 Å². The van der Waals surface area contributed by atoms with Gasteiger partial charge in [0.05, 0.1) is 11.5 Å². The van der Waals surface area contributed by atoms with Crippen molar-refractivity contribution in [2.75, 3.05) is 0 Å². The highest BCUT2D eigenvalue weighted by molar-refractivity contribution is 5.01. The Kier molecular flexibility index (Phi) is 10.8. The van der Waals surface area contributed by atoms with E-state index in [-0.39, 0.29) is 5.41 Å². The van der Waals surface area contributed by atoms with Crippen molar-refractivity contribution in [3.8, 4) is 6.07 Å². The summed E-state index contributed by atoms with van der Waals surface area (Å²) in [6.45, 7) is 4.55. The van der Waals surface area contributed by atoms with Gasteiger partial charge in [0.25, 0.3) is 0 Å². The lowest BCUT2D eigenvalue weighted by atomic mass is 9.67. The first-order chi connectivity index (χ1) is 13.2. The Hall–Kier alpha value is -0.510. The SMILES string of the molecule is CCCCCCCC1CCC(CCC2CCC(C#N)(CCCC)CC2)CC1. The zero-order chi connectivity index (χ0) is 19.4. The van der Waals surface area contributed by atoms with Crippen LogP contribution in [0.25, 0.3) is 0 Å². The van der Waals surface area contributed by atoms with Crippen LogP contribution in [0.2, 0.25) is 0 Å². The second kappa shape index (κ2) is 12.9. The molecule has 2 aliphatic carbocycles. The van der Waals surface area contributed by atoms with Gasteiger partial charge in [0.2, 0.25) is 0 Å². The largest absolute Gasteiger partial charge is 0.198 e. The van der Waals surface area contributed by atoms with Gasteiger partial charge in [0.1, 0.15) is 0 Å². The number of rotatable bonds is 12. The van der Waals surface area contributed by atoms with Crippen LogP contribution in [0.5, 0.6) is 0 Å². The molecule has 0 saturated heterocycles. The maximum atomic E-state index is 9.67. The number of hydrogen-bond acceptors (Lipinski definition) is 1. The molecule has 156 valence electrons. The van der Waals surface area contributed by atoms with Crippen LogP contribution in [0.1, 0.15) is 136 Å². The predicted molar refractivity (Wildman–Crippen MR) is 118 cm³/mol. The second-order valence-electron chi connectivity index (χ2n) is 10.1. The number of unbranched alkanes of at least 4 members (excludes halogenated alkanes) is 5. The molecule has 1 nitrogen and oxygen atoms in total. The Balaban J connectivity index is 1.55. The van der Waals surface area contributed by atoms with Crippen LogP contribution in [0.3, 0.4) is 0 Å². The molecule has 0 aromatic rings. The fraction of sp³-hybridized carbons (Fsp3) is 0.962. The molecule has 0 bridgehead atoms. The summed E-state index contributed by atoms with van der Waals surface area (Å²) in [6, 6.07) is 2.71. The van der Waals surface area contributed by atoms with Crippen molar-refractivity contribution in [2.45, 2.75) is 136 Å². The summed E-state index contributed by atoms with van der Waals surface area (Å²) in [5.74, 6) is 2.99. The lowest BCUT2D eigenvalue weighted by molar-refractivity contribution is 0.171. The standard InChI is InChI=1S/C26H47N/c1-3-5-7-8-9-10-23-11-13-24(14-12-23)15-16-25-17-20-26(22-27,21-18-25)19-6-4-2/h23-25H,3-21H2,1-2H3. The van der Waals surface area contributed by atoms with Crippen molar-refractivity contribution in [3.63, 3.8) is 0 Å². The van der Waals surface area contributed by atoms with Crippen LogP contribution in [-0.2, 0) is 0 Å². The second-order valence-corrected chi connectivity index (χ2v) is 10.1. The summed E-state index contributed by atoms with van der Waals surface area (Å²) in [4.78, 5) is 0. The first-order valence-corrected chi connectivity index (χ1v) is 12.6. The lowest BCUT2D eigenvalue weighted by Gasteiger charge is -2.36. The molecule has 0 unspecified atom stereocenters. The van der Waals surface area contributed by atoms with Gasteiger partial charge in [-0.1, -0.05) is 104 Å². The minimum Gasteiger partial charge on any atom is -0.198 e.